The molecule has 0 aromatic heterocycles. The quantitative estimate of drug-likeness (QED) is 0.479. The van der Waals surface area contributed by atoms with Crippen LogP contribution < -0.4 is 0 Å². The summed E-state index contributed by atoms with van der Waals surface area (Å²) >= 11 is 0. The van der Waals surface area contributed by atoms with Crippen molar-refractivity contribution in [3.05, 3.63) is 41.5 Å². The van der Waals surface area contributed by atoms with Gasteiger partial charge < -0.3 is 5.11 Å². The van der Waals surface area contributed by atoms with Crippen molar-refractivity contribution in [2.24, 2.45) is 11.0 Å². The number of aryl methyl sites for hydroxylation is 1. The summed E-state index contributed by atoms with van der Waals surface area (Å²) < 4.78 is 0. The number of hydrogen-bond donors (Lipinski definition) is 1. The monoisotopic (exact) mass is 274 g/mol. The second kappa shape index (κ2) is 7.13. The molecule has 0 aliphatic heterocycles. The number of nitrogens with zero attached hydrogens (tertiary/aromatic N) is 2. The van der Waals surface area contributed by atoms with Crippen LogP contribution in [0.1, 0.15) is 43.9 Å². The summed E-state index contributed by atoms with van der Waals surface area (Å²) in [6.07, 6.45) is 1.16. The highest BCUT2D eigenvalue weighted by Gasteiger charge is 2.07. The van der Waals surface area contributed by atoms with Gasteiger partial charge in [-0.3, -0.25) is 5.01 Å². The molecule has 0 saturated carbocycles. The molecule has 1 aromatic carbocycles. The summed E-state index contributed by atoms with van der Waals surface area (Å²) in [4.78, 5) is 0. The first kappa shape index (κ1) is 16.3. The number of aliphatic hydroxyl groups is 1. The Labute approximate surface area is 122 Å². The summed E-state index contributed by atoms with van der Waals surface area (Å²) in [5.41, 5.74) is 3.94. The lowest BCUT2D eigenvalue weighted by atomic mass is 10.0. The van der Waals surface area contributed by atoms with E-state index in [2.05, 4.69) is 25.5 Å². The third-order valence-corrected chi connectivity index (χ3v) is 3.54. The zero-order valence-electron chi connectivity index (χ0n) is 13.3. The van der Waals surface area contributed by atoms with Crippen molar-refractivity contribution in [2.75, 3.05) is 13.6 Å². The largest absolute Gasteiger partial charge is 0.508 e. The maximum Gasteiger partial charge on any atom is 0.115 e. The maximum absolute atomic E-state index is 9.42. The number of rotatable bonds is 6. The first-order chi connectivity index (χ1) is 9.35. The lowest BCUT2D eigenvalue weighted by Gasteiger charge is -2.19. The van der Waals surface area contributed by atoms with Crippen LogP contribution in [-0.2, 0) is 0 Å². The summed E-state index contributed by atoms with van der Waals surface area (Å²) in [6, 6.07) is 5.80. The molecule has 1 N–H and O–H groups in total. The standard InChI is InChI=1S/C17H26N2O/c1-7-12(2)11-19(6)18-14(4)17-9-8-16(15(5)20)10-13(17)3/h8-10,12,20H,5,7,11H2,1-4,6H3/b18-14+. The molecule has 1 unspecified atom stereocenters. The van der Waals surface area contributed by atoms with Crippen LogP contribution in [0.25, 0.3) is 5.76 Å². The molecular formula is C17H26N2O. The van der Waals surface area contributed by atoms with Gasteiger partial charge in [-0.25, -0.2) is 0 Å². The Balaban J connectivity index is 2.91. The zero-order valence-corrected chi connectivity index (χ0v) is 13.3. The Morgan fingerprint density at radius 3 is 2.60 bits per heavy atom. The number of hydrogen-bond acceptors (Lipinski definition) is 3. The van der Waals surface area contributed by atoms with Gasteiger partial charge in [0, 0.05) is 24.7 Å². The van der Waals surface area contributed by atoms with Gasteiger partial charge in [0.05, 0.1) is 5.71 Å². The van der Waals surface area contributed by atoms with Gasteiger partial charge in [-0.15, -0.1) is 0 Å². The van der Waals surface area contributed by atoms with Crippen LogP contribution in [0.15, 0.2) is 29.9 Å². The summed E-state index contributed by atoms with van der Waals surface area (Å²) in [5.74, 6) is 0.737. The van der Waals surface area contributed by atoms with E-state index in [4.69, 9.17) is 0 Å². The third kappa shape index (κ3) is 4.41. The van der Waals surface area contributed by atoms with E-state index in [1.807, 2.05) is 44.1 Å². The number of hydrazone groups is 1. The number of aliphatic hydroxyl groups excluding tert-OH is 1. The fraction of sp³-hybridized carbons (Fsp3) is 0.471. The molecule has 3 nitrogen and oxygen atoms in total. The minimum Gasteiger partial charge on any atom is -0.508 e. The van der Waals surface area contributed by atoms with Crippen molar-refractivity contribution in [1.29, 1.82) is 0 Å². The van der Waals surface area contributed by atoms with Crippen LogP contribution in [-0.4, -0.2) is 29.4 Å². The van der Waals surface area contributed by atoms with E-state index in [0.717, 1.165) is 35.4 Å². The Hall–Kier alpha value is -1.77. The van der Waals surface area contributed by atoms with Gasteiger partial charge in [-0.2, -0.15) is 5.10 Å². The van der Waals surface area contributed by atoms with Crippen molar-refractivity contribution in [1.82, 2.24) is 5.01 Å². The van der Waals surface area contributed by atoms with Crippen LogP contribution in [0.2, 0.25) is 0 Å². The van der Waals surface area contributed by atoms with E-state index in [9.17, 15) is 5.11 Å². The summed E-state index contributed by atoms with van der Waals surface area (Å²) in [5, 5.41) is 16.1. The van der Waals surface area contributed by atoms with Crippen LogP contribution in [0.4, 0.5) is 0 Å². The normalized spacial score (nSPS) is 13.2. The predicted octanol–water partition coefficient (Wildman–Crippen LogP) is 4.23. The first-order valence-corrected chi connectivity index (χ1v) is 7.10. The van der Waals surface area contributed by atoms with Gasteiger partial charge >= 0.3 is 0 Å². The molecule has 0 aliphatic carbocycles. The second-order valence-corrected chi connectivity index (χ2v) is 5.52. The van der Waals surface area contributed by atoms with Gasteiger partial charge in [-0.05, 0) is 31.4 Å². The Kier molecular flexibility index (Phi) is 5.81. The van der Waals surface area contributed by atoms with E-state index in [1.165, 1.54) is 0 Å². The highest BCUT2D eigenvalue weighted by atomic mass is 16.3. The lowest BCUT2D eigenvalue weighted by molar-refractivity contribution is 0.295. The molecule has 0 heterocycles. The van der Waals surface area contributed by atoms with Crippen LogP contribution in [0.5, 0.6) is 0 Å². The van der Waals surface area contributed by atoms with Crippen molar-refractivity contribution < 1.29 is 5.11 Å². The topological polar surface area (TPSA) is 35.8 Å². The summed E-state index contributed by atoms with van der Waals surface area (Å²) in [7, 11) is 2.01. The fourth-order valence-electron chi connectivity index (χ4n) is 2.18. The molecule has 0 saturated heterocycles. The Morgan fingerprint density at radius 1 is 1.45 bits per heavy atom. The highest BCUT2D eigenvalue weighted by Crippen LogP contribution is 2.17. The van der Waals surface area contributed by atoms with E-state index >= 15 is 0 Å². The molecule has 1 rings (SSSR count). The Bertz CT molecular complexity index is 506. The predicted molar refractivity (Wildman–Crippen MR) is 87.1 cm³/mol. The van der Waals surface area contributed by atoms with E-state index in [0.29, 0.717) is 5.92 Å². The minimum atomic E-state index is 0.100. The van der Waals surface area contributed by atoms with E-state index in [1.54, 1.807) is 0 Å². The molecule has 110 valence electrons. The number of benzene rings is 1. The SMILES string of the molecule is C=C(O)c1ccc(/C(C)=N/N(C)CC(C)CC)c(C)c1. The van der Waals surface area contributed by atoms with Gasteiger partial charge in [0.25, 0.3) is 0 Å². The van der Waals surface area contributed by atoms with E-state index in [-0.39, 0.29) is 5.76 Å². The maximum atomic E-state index is 9.42. The molecule has 1 aromatic rings. The van der Waals surface area contributed by atoms with Gasteiger partial charge in [0.2, 0.25) is 0 Å². The molecule has 0 amide bonds. The molecule has 0 radical (unpaired) electrons. The van der Waals surface area contributed by atoms with Crippen LogP contribution >= 0.6 is 0 Å². The molecule has 20 heavy (non-hydrogen) atoms. The van der Waals surface area contributed by atoms with Crippen molar-refractivity contribution in [3.8, 4) is 0 Å². The lowest BCUT2D eigenvalue weighted by Crippen LogP contribution is -2.20. The third-order valence-electron chi connectivity index (χ3n) is 3.54. The average Bonchev–Trinajstić information content (AvgIpc) is 2.37. The molecule has 1 atom stereocenters. The van der Waals surface area contributed by atoms with Gasteiger partial charge in [0.15, 0.2) is 0 Å². The van der Waals surface area contributed by atoms with Crippen molar-refractivity contribution in [3.63, 3.8) is 0 Å². The molecule has 3 heteroatoms. The molecule has 0 aliphatic rings. The van der Waals surface area contributed by atoms with Crippen LogP contribution in [0.3, 0.4) is 0 Å². The smallest absolute Gasteiger partial charge is 0.115 e. The van der Waals surface area contributed by atoms with E-state index < -0.39 is 0 Å². The summed E-state index contributed by atoms with van der Waals surface area (Å²) in [6.45, 7) is 13.0. The average molecular weight is 274 g/mol. The molecular weight excluding hydrogens is 248 g/mol. The minimum absolute atomic E-state index is 0.100. The van der Waals surface area contributed by atoms with Crippen LogP contribution in [0, 0.1) is 12.8 Å². The molecule has 0 bridgehead atoms. The van der Waals surface area contributed by atoms with Crippen molar-refractivity contribution >= 4 is 11.5 Å². The molecule has 0 spiro atoms. The molecule has 0 fully saturated rings. The highest BCUT2D eigenvalue weighted by molar-refractivity contribution is 6.00. The Morgan fingerprint density at radius 2 is 2.10 bits per heavy atom. The van der Waals surface area contributed by atoms with Gasteiger partial charge in [-0.1, -0.05) is 39.0 Å². The first-order valence-electron chi connectivity index (χ1n) is 7.10. The second-order valence-electron chi connectivity index (χ2n) is 5.52. The van der Waals surface area contributed by atoms with Gasteiger partial charge in [0.1, 0.15) is 5.76 Å². The van der Waals surface area contributed by atoms with Crippen molar-refractivity contribution in [2.45, 2.75) is 34.1 Å². The zero-order chi connectivity index (χ0) is 15.3. The fourth-order valence-corrected chi connectivity index (χ4v) is 2.18.